The Bertz CT molecular complexity index is 775. The van der Waals surface area contributed by atoms with Gasteiger partial charge >= 0.3 is 0 Å². The van der Waals surface area contributed by atoms with E-state index in [0.717, 1.165) is 5.52 Å². The molecule has 1 aromatic carbocycles. The molecule has 20 heavy (non-hydrogen) atoms. The number of sulfone groups is 1. The van der Waals surface area contributed by atoms with Crippen LogP contribution in [0.1, 0.15) is 6.92 Å². The maximum absolute atomic E-state index is 11.8. The number of nitrogens with one attached hydrogen (secondary N) is 1. The second-order valence-electron chi connectivity index (χ2n) is 5.02. The van der Waals surface area contributed by atoms with Gasteiger partial charge in [-0.15, -0.1) is 0 Å². The van der Waals surface area contributed by atoms with Crippen molar-refractivity contribution in [2.24, 2.45) is 5.92 Å². The molecule has 1 atom stereocenters. The largest absolute Gasteiger partial charge is 0.384 e. The van der Waals surface area contributed by atoms with E-state index in [2.05, 4.69) is 11.9 Å². The van der Waals surface area contributed by atoms with E-state index in [1.807, 2.05) is 10.6 Å². The first-order valence-corrected chi connectivity index (χ1v) is 8.55. The molecule has 5 nitrogen and oxygen atoms in total. The normalized spacial score (nSPS) is 13.8. The Morgan fingerprint density at radius 2 is 2.15 bits per heavy atom. The lowest BCUT2D eigenvalue weighted by molar-refractivity contribution is 0.152. The fourth-order valence-corrected chi connectivity index (χ4v) is 3.42. The van der Waals surface area contributed by atoms with E-state index in [0.29, 0.717) is 23.4 Å². The van der Waals surface area contributed by atoms with Crippen molar-refractivity contribution in [3.8, 4) is 0 Å². The number of benzene rings is 1. The molecular weight excluding hydrogens is 296 g/mol. The molecule has 110 valence electrons. The smallest absolute Gasteiger partial charge is 0.178 e. The topological polar surface area (TPSA) is 64.1 Å². The highest BCUT2D eigenvalue weighted by Gasteiger charge is 2.16. The van der Waals surface area contributed by atoms with Crippen molar-refractivity contribution in [2.45, 2.75) is 18.4 Å². The van der Waals surface area contributed by atoms with Crippen LogP contribution < -0.4 is 0 Å². The lowest BCUT2D eigenvalue weighted by atomic mass is 10.2. The summed E-state index contributed by atoms with van der Waals surface area (Å²) >= 11 is 5.31. The fourth-order valence-electron chi connectivity index (χ4n) is 2.29. The molecule has 0 amide bonds. The molecule has 0 spiro atoms. The van der Waals surface area contributed by atoms with Crippen LogP contribution in [-0.2, 0) is 21.1 Å². The predicted molar refractivity (Wildman–Crippen MR) is 81.3 cm³/mol. The number of fused-ring (bicyclic) bond motifs is 1. The first-order chi connectivity index (χ1) is 9.34. The first-order valence-electron chi connectivity index (χ1n) is 6.25. The number of aromatic nitrogens is 2. The van der Waals surface area contributed by atoms with Crippen LogP contribution in [0.25, 0.3) is 11.0 Å². The Hall–Kier alpha value is -1.18. The minimum Gasteiger partial charge on any atom is -0.384 e. The zero-order chi connectivity index (χ0) is 14.9. The van der Waals surface area contributed by atoms with Crippen molar-refractivity contribution in [1.82, 2.24) is 9.55 Å². The Balaban J connectivity index is 2.59. The summed E-state index contributed by atoms with van der Waals surface area (Å²) in [5.74, 6) is 0.285. The van der Waals surface area contributed by atoms with Crippen LogP contribution in [-0.4, -0.2) is 37.9 Å². The molecule has 2 rings (SSSR count). The fraction of sp³-hybridized carbons (Fsp3) is 0.462. The molecule has 2 aromatic rings. The zero-order valence-corrected chi connectivity index (χ0v) is 13.3. The Morgan fingerprint density at radius 3 is 2.75 bits per heavy atom. The number of para-hydroxylation sites is 1. The molecule has 1 N–H and O–H groups in total. The molecule has 0 aliphatic heterocycles. The van der Waals surface area contributed by atoms with E-state index in [9.17, 15) is 8.42 Å². The molecule has 0 radical (unpaired) electrons. The van der Waals surface area contributed by atoms with Gasteiger partial charge in [0.15, 0.2) is 14.6 Å². The number of rotatable bonds is 5. The highest BCUT2D eigenvalue weighted by atomic mass is 32.2. The van der Waals surface area contributed by atoms with E-state index < -0.39 is 9.84 Å². The van der Waals surface area contributed by atoms with Gasteiger partial charge in [0.1, 0.15) is 0 Å². The van der Waals surface area contributed by atoms with Crippen LogP contribution in [0.15, 0.2) is 23.1 Å². The third kappa shape index (κ3) is 2.94. The standard InChI is InChI=1S/C13H18N2O3S2/c1-9(8-18-2)7-15-10-5-4-6-11(20(3,16)17)12(10)14-13(15)19/h4-6,9H,7-8H2,1-3H3,(H,14,19). The second-order valence-corrected chi connectivity index (χ2v) is 7.39. The summed E-state index contributed by atoms with van der Waals surface area (Å²) in [6.07, 6.45) is 1.20. The van der Waals surface area contributed by atoms with Gasteiger partial charge in [-0.3, -0.25) is 0 Å². The Labute approximate surface area is 123 Å². The van der Waals surface area contributed by atoms with Crippen LogP contribution in [0.3, 0.4) is 0 Å². The molecule has 1 heterocycles. The summed E-state index contributed by atoms with van der Waals surface area (Å²) in [6.45, 7) is 3.37. The summed E-state index contributed by atoms with van der Waals surface area (Å²) in [5.41, 5.74) is 1.38. The van der Waals surface area contributed by atoms with Gasteiger partial charge in [0.25, 0.3) is 0 Å². The summed E-state index contributed by atoms with van der Waals surface area (Å²) in [6, 6.07) is 5.19. The van der Waals surface area contributed by atoms with E-state index in [-0.39, 0.29) is 10.8 Å². The third-order valence-electron chi connectivity index (χ3n) is 3.12. The number of nitrogens with zero attached hydrogens (tertiary/aromatic N) is 1. The number of imidazole rings is 1. The lowest BCUT2D eigenvalue weighted by Crippen LogP contribution is -2.12. The van der Waals surface area contributed by atoms with E-state index in [1.165, 1.54) is 6.26 Å². The van der Waals surface area contributed by atoms with Crippen LogP contribution >= 0.6 is 12.2 Å². The molecule has 0 fully saturated rings. The van der Waals surface area contributed by atoms with Crippen LogP contribution in [0.2, 0.25) is 0 Å². The number of aromatic amines is 1. The number of methoxy groups -OCH3 is 1. The predicted octanol–water partition coefficient (Wildman–Crippen LogP) is 2.38. The molecule has 0 aliphatic carbocycles. The van der Waals surface area contributed by atoms with Crippen molar-refractivity contribution >= 4 is 33.1 Å². The van der Waals surface area contributed by atoms with E-state index in [1.54, 1.807) is 19.2 Å². The number of hydrogen-bond donors (Lipinski definition) is 1. The van der Waals surface area contributed by atoms with Crippen LogP contribution in [0.4, 0.5) is 0 Å². The molecule has 1 aromatic heterocycles. The van der Waals surface area contributed by atoms with Gasteiger partial charge in [0.2, 0.25) is 0 Å². The molecule has 0 bridgehead atoms. The molecule has 0 aliphatic rings. The van der Waals surface area contributed by atoms with Crippen molar-refractivity contribution < 1.29 is 13.2 Å². The summed E-state index contributed by atoms with van der Waals surface area (Å²) in [7, 11) is -1.63. The van der Waals surface area contributed by atoms with Crippen LogP contribution in [0.5, 0.6) is 0 Å². The average Bonchev–Trinajstić information content (AvgIpc) is 2.65. The molecule has 1 unspecified atom stereocenters. The van der Waals surface area contributed by atoms with Crippen molar-refractivity contribution in [3.63, 3.8) is 0 Å². The van der Waals surface area contributed by atoms with E-state index >= 15 is 0 Å². The minimum atomic E-state index is -3.29. The van der Waals surface area contributed by atoms with Gasteiger partial charge in [-0.2, -0.15) is 0 Å². The second kappa shape index (κ2) is 5.67. The Morgan fingerprint density at radius 1 is 1.45 bits per heavy atom. The van der Waals surface area contributed by atoms with Gasteiger partial charge in [0.05, 0.1) is 22.5 Å². The minimum absolute atomic E-state index is 0.277. The van der Waals surface area contributed by atoms with Crippen molar-refractivity contribution in [3.05, 3.63) is 23.0 Å². The molecule has 0 saturated heterocycles. The quantitative estimate of drug-likeness (QED) is 0.861. The van der Waals surface area contributed by atoms with Gasteiger partial charge in [-0.1, -0.05) is 13.0 Å². The van der Waals surface area contributed by atoms with Gasteiger partial charge in [0, 0.05) is 19.9 Å². The van der Waals surface area contributed by atoms with E-state index in [4.69, 9.17) is 17.0 Å². The highest BCUT2D eigenvalue weighted by Crippen LogP contribution is 2.23. The third-order valence-corrected chi connectivity index (χ3v) is 4.58. The Kier molecular flexibility index (Phi) is 4.31. The molecular formula is C13H18N2O3S2. The SMILES string of the molecule is COCC(C)Cn1c(=S)[nH]c2c(S(C)(=O)=O)cccc21. The van der Waals surface area contributed by atoms with Gasteiger partial charge < -0.3 is 14.3 Å². The summed E-state index contributed by atoms with van der Waals surface area (Å²) < 4.78 is 31.2. The molecule has 7 heteroatoms. The number of ether oxygens (including phenoxy) is 1. The van der Waals surface area contributed by atoms with Crippen molar-refractivity contribution in [1.29, 1.82) is 0 Å². The van der Waals surface area contributed by atoms with Gasteiger partial charge in [-0.25, -0.2) is 8.42 Å². The van der Waals surface area contributed by atoms with Crippen molar-refractivity contribution in [2.75, 3.05) is 20.0 Å². The zero-order valence-electron chi connectivity index (χ0n) is 11.7. The monoisotopic (exact) mass is 314 g/mol. The number of hydrogen-bond acceptors (Lipinski definition) is 4. The van der Waals surface area contributed by atoms with Crippen LogP contribution in [0, 0.1) is 10.7 Å². The number of H-pyrrole nitrogens is 1. The highest BCUT2D eigenvalue weighted by molar-refractivity contribution is 7.91. The lowest BCUT2D eigenvalue weighted by Gasteiger charge is -2.12. The molecule has 0 saturated carbocycles. The maximum Gasteiger partial charge on any atom is 0.178 e. The average molecular weight is 314 g/mol. The summed E-state index contributed by atoms with van der Waals surface area (Å²) in [5, 5.41) is 0. The first kappa shape index (κ1) is 15.2. The summed E-state index contributed by atoms with van der Waals surface area (Å²) in [4.78, 5) is 3.28. The maximum atomic E-state index is 11.8. The van der Waals surface area contributed by atoms with Gasteiger partial charge in [-0.05, 0) is 30.3 Å².